The summed E-state index contributed by atoms with van der Waals surface area (Å²) in [6.45, 7) is 1.53. The van der Waals surface area contributed by atoms with Crippen molar-refractivity contribution < 1.29 is 13.2 Å². The van der Waals surface area contributed by atoms with Gasteiger partial charge in [-0.15, -0.1) is 12.4 Å². The highest BCUT2D eigenvalue weighted by atomic mass is 35.5. The van der Waals surface area contributed by atoms with Crippen molar-refractivity contribution >= 4 is 24.0 Å². The summed E-state index contributed by atoms with van der Waals surface area (Å²) in [4.78, 5) is 0. The molecule has 0 spiro atoms. The van der Waals surface area contributed by atoms with E-state index in [0.29, 0.717) is 5.56 Å². The fraction of sp³-hybridized carbons (Fsp3) is 0.400. The maximum Gasteiger partial charge on any atom is 0.240 e. The minimum Gasteiger partial charge on any atom is -0.324 e. The van der Waals surface area contributed by atoms with Crippen molar-refractivity contribution in [3.63, 3.8) is 0 Å². The fourth-order valence-electron chi connectivity index (χ4n) is 1.33. The lowest BCUT2D eigenvalue weighted by Crippen LogP contribution is -2.16. The first-order valence-corrected chi connectivity index (χ1v) is 4.79. The summed E-state index contributed by atoms with van der Waals surface area (Å²) in [5.74, 6) is -0.601. The Morgan fingerprint density at radius 3 is 2.44 bits per heavy atom. The van der Waals surface area contributed by atoms with Crippen LogP contribution in [0.3, 0.4) is 0 Å². The molecule has 1 rings (SSSR count). The molecule has 0 aliphatic rings. The Kier molecular flexibility index (Phi) is 6.15. The Morgan fingerprint density at radius 2 is 1.94 bits per heavy atom. The first-order valence-electron chi connectivity index (χ1n) is 4.41. The molecule has 0 heterocycles. The Bertz CT molecular complexity index is 358. The number of benzene rings is 1. The Balaban J connectivity index is 0.00000225. The SMILES string of the molecule is Cc1ccc(Cl)c([C@H](N)CC(F)F)c1F.Cl. The zero-order chi connectivity index (χ0) is 11.6. The molecular weight excluding hydrogens is 262 g/mol. The van der Waals surface area contributed by atoms with Crippen LogP contribution in [-0.2, 0) is 0 Å². The van der Waals surface area contributed by atoms with Gasteiger partial charge in [-0.25, -0.2) is 13.2 Å². The lowest BCUT2D eigenvalue weighted by Gasteiger charge is -2.15. The van der Waals surface area contributed by atoms with Gasteiger partial charge in [0.05, 0.1) is 0 Å². The lowest BCUT2D eigenvalue weighted by molar-refractivity contribution is 0.128. The van der Waals surface area contributed by atoms with Crippen molar-refractivity contribution in [3.05, 3.63) is 34.1 Å². The Hall–Kier alpha value is -0.450. The van der Waals surface area contributed by atoms with E-state index >= 15 is 0 Å². The number of nitrogens with two attached hydrogens (primary N) is 1. The molecule has 1 aromatic carbocycles. The van der Waals surface area contributed by atoms with Crippen molar-refractivity contribution in [1.29, 1.82) is 0 Å². The molecule has 0 aromatic heterocycles. The molecule has 0 radical (unpaired) electrons. The molecule has 0 aliphatic heterocycles. The summed E-state index contributed by atoms with van der Waals surface area (Å²) in [6, 6.07) is 1.87. The monoisotopic (exact) mass is 273 g/mol. The Labute approximate surface area is 103 Å². The number of rotatable bonds is 3. The molecule has 92 valence electrons. The highest BCUT2D eigenvalue weighted by Crippen LogP contribution is 2.29. The van der Waals surface area contributed by atoms with Crippen LogP contribution in [0.1, 0.15) is 23.6 Å². The zero-order valence-corrected chi connectivity index (χ0v) is 10.1. The van der Waals surface area contributed by atoms with E-state index in [1.807, 2.05) is 0 Å². The predicted octanol–water partition coefficient (Wildman–Crippen LogP) is 3.86. The molecule has 0 saturated heterocycles. The molecule has 0 bridgehead atoms. The van der Waals surface area contributed by atoms with E-state index in [1.165, 1.54) is 19.1 Å². The van der Waals surface area contributed by atoms with Gasteiger partial charge in [0.2, 0.25) is 6.43 Å². The third kappa shape index (κ3) is 3.54. The molecule has 2 N–H and O–H groups in total. The summed E-state index contributed by atoms with van der Waals surface area (Å²) in [5.41, 5.74) is 5.78. The lowest BCUT2D eigenvalue weighted by atomic mass is 10.0. The van der Waals surface area contributed by atoms with Crippen LogP contribution >= 0.6 is 24.0 Å². The van der Waals surface area contributed by atoms with Gasteiger partial charge in [-0.1, -0.05) is 17.7 Å². The minimum atomic E-state index is -2.57. The highest BCUT2D eigenvalue weighted by Gasteiger charge is 2.20. The van der Waals surface area contributed by atoms with Gasteiger partial charge in [0.1, 0.15) is 5.82 Å². The highest BCUT2D eigenvalue weighted by molar-refractivity contribution is 6.31. The van der Waals surface area contributed by atoms with E-state index in [1.54, 1.807) is 0 Å². The summed E-state index contributed by atoms with van der Waals surface area (Å²) in [7, 11) is 0. The van der Waals surface area contributed by atoms with Crippen molar-refractivity contribution in [2.24, 2.45) is 5.73 Å². The Morgan fingerprint density at radius 1 is 1.38 bits per heavy atom. The summed E-state index contributed by atoms with van der Waals surface area (Å²) in [5, 5.41) is 0.0891. The van der Waals surface area contributed by atoms with Crippen molar-refractivity contribution in [3.8, 4) is 0 Å². The molecular formula is C10H12Cl2F3N. The summed E-state index contributed by atoms with van der Waals surface area (Å²) >= 11 is 5.71. The molecule has 1 aromatic rings. The molecule has 0 saturated carbocycles. The molecule has 0 unspecified atom stereocenters. The van der Waals surface area contributed by atoms with E-state index < -0.39 is 24.7 Å². The average Bonchev–Trinajstić information content (AvgIpc) is 2.11. The first-order chi connectivity index (χ1) is 6.93. The summed E-state index contributed by atoms with van der Waals surface area (Å²) in [6.07, 6.45) is -3.17. The fourth-order valence-corrected chi connectivity index (χ4v) is 1.61. The summed E-state index contributed by atoms with van der Waals surface area (Å²) < 4.78 is 37.7. The second kappa shape index (κ2) is 6.33. The zero-order valence-electron chi connectivity index (χ0n) is 8.51. The topological polar surface area (TPSA) is 26.0 Å². The van der Waals surface area contributed by atoms with Crippen molar-refractivity contribution in [2.45, 2.75) is 25.8 Å². The van der Waals surface area contributed by atoms with Gasteiger partial charge in [0, 0.05) is 23.0 Å². The second-order valence-electron chi connectivity index (χ2n) is 3.33. The van der Waals surface area contributed by atoms with Gasteiger partial charge < -0.3 is 5.73 Å². The van der Waals surface area contributed by atoms with Crippen LogP contribution in [0.15, 0.2) is 12.1 Å². The third-order valence-corrected chi connectivity index (χ3v) is 2.45. The smallest absolute Gasteiger partial charge is 0.240 e. The first kappa shape index (κ1) is 15.6. The van der Waals surface area contributed by atoms with Crippen molar-refractivity contribution in [1.82, 2.24) is 0 Å². The van der Waals surface area contributed by atoms with Crippen molar-refractivity contribution in [2.75, 3.05) is 0 Å². The molecule has 0 amide bonds. The van der Waals surface area contributed by atoms with Gasteiger partial charge >= 0.3 is 0 Å². The molecule has 1 nitrogen and oxygen atoms in total. The normalized spacial score (nSPS) is 12.4. The van der Waals surface area contributed by atoms with E-state index in [-0.39, 0.29) is 23.0 Å². The predicted molar refractivity (Wildman–Crippen MR) is 60.9 cm³/mol. The second-order valence-corrected chi connectivity index (χ2v) is 3.73. The van der Waals surface area contributed by atoms with Gasteiger partial charge in [-0.2, -0.15) is 0 Å². The van der Waals surface area contributed by atoms with Crippen LogP contribution in [0.25, 0.3) is 0 Å². The number of hydrogen-bond donors (Lipinski definition) is 1. The van der Waals surface area contributed by atoms with E-state index in [0.717, 1.165) is 0 Å². The van der Waals surface area contributed by atoms with Crippen LogP contribution in [0.4, 0.5) is 13.2 Å². The third-order valence-electron chi connectivity index (χ3n) is 2.12. The molecule has 0 fully saturated rings. The average molecular weight is 274 g/mol. The van der Waals surface area contributed by atoms with E-state index in [4.69, 9.17) is 17.3 Å². The van der Waals surface area contributed by atoms with E-state index in [2.05, 4.69) is 0 Å². The largest absolute Gasteiger partial charge is 0.324 e. The number of aryl methyl sites for hydroxylation is 1. The van der Waals surface area contributed by atoms with Gasteiger partial charge in [0.15, 0.2) is 0 Å². The van der Waals surface area contributed by atoms with Crippen LogP contribution in [0.5, 0.6) is 0 Å². The van der Waals surface area contributed by atoms with Crippen LogP contribution < -0.4 is 5.73 Å². The number of hydrogen-bond acceptors (Lipinski definition) is 1. The quantitative estimate of drug-likeness (QED) is 0.889. The molecule has 1 atom stereocenters. The molecule has 6 heteroatoms. The van der Waals surface area contributed by atoms with Gasteiger partial charge in [-0.3, -0.25) is 0 Å². The maximum atomic E-state index is 13.6. The van der Waals surface area contributed by atoms with Crippen LogP contribution in [-0.4, -0.2) is 6.43 Å². The van der Waals surface area contributed by atoms with Gasteiger partial charge in [0.25, 0.3) is 0 Å². The van der Waals surface area contributed by atoms with Crippen LogP contribution in [0.2, 0.25) is 5.02 Å². The maximum absolute atomic E-state index is 13.6. The number of alkyl halides is 2. The standard InChI is InChI=1S/C10H11ClF3N.ClH/c1-5-2-3-6(11)9(10(5)14)7(15)4-8(12)13;/h2-3,7-8H,4,15H2,1H3;1H/t7-;/m1./s1. The minimum absolute atomic E-state index is 0. The number of halogens is 5. The van der Waals surface area contributed by atoms with E-state index in [9.17, 15) is 13.2 Å². The van der Waals surface area contributed by atoms with Crippen LogP contribution in [0, 0.1) is 12.7 Å². The molecule has 0 aliphatic carbocycles. The van der Waals surface area contributed by atoms with Gasteiger partial charge in [-0.05, 0) is 18.6 Å². The molecule has 16 heavy (non-hydrogen) atoms.